The van der Waals surface area contributed by atoms with Gasteiger partial charge in [0.25, 0.3) is 5.56 Å². The van der Waals surface area contributed by atoms with Crippen molar-refractivity contribution in [3.8, 4) is 17.1 Å². The number of ether oxygens (including phenoxy) is 1. The van der Waals surface area contributed by atoms with Crippen molar-refractivity contribution in [2.24, 2.45) is 0 Å². The molecule has 1 N–H and O–H groups in total. The maximum atomic E-state index is 13.2. The fourth-order valence-corrected chi connectivity index (χ4v) is 6.17. The summed E-state index contributed by atoms with van der Waals surface area (Å²) in [6.45, 7) is 0.429. The van der Waals surface area contributed by atoms with E-state index < -0.39 is 0 Å². The highest BCUT2D eigenvalue weighted by Crippen LogP contribution is 2.38. The molecule has 0 bridgehead atoms. The van der Waals surface area contributed by atoms with Crippen LogP contribution in [0.25, 0.3) is 32.4 Å². The molecule has 0 atom stereocenters. The van der Waals surface area contributed by atoms with Crippen LogP contribution < -0.4 is 10.3 Å². The van der Waals surface area contributed by atoms with E-state index in [4.69, 9.17) is 9.72 Å². The average molecular weight is 517 g/mol. The molecule has 2 heterocycles. The van der Waals surface area contributed by atoms with Crippen LogP contribution in [0.5, 0.6) is 5.75 Å². The molecule has 4 nitrogen and oxygen atoms in total. The molecule has 2 aromatic heterocycles. The molecule has 0 spiro atoms. The van der Waals surface area contributed by atoms with Crippen LogP contribution in [0.4, 0.5) is 0 Å². The smallest absolute Gasteiger partial charge is 0.260 e. The Balaban J connectivity index is 1.50. The Kier molecular flexibility index (Phi) is 5.27. The van der Waals surface area contributed by atoms with Gasteiger partial charge in [-0.15, -0.1) is 11.3 Å². The summed E-state index contributed by atoms with van der Waals surface area (Å²) in [6, 6.07) is 20.2. The third-order valence-corrected chi connectivity index (χ3v) is 7.97. The van der Waals surface area contributed by atoms with Crippen LogP contribution >= 0.6 is 27.3 Å². The van der Waals surface area contributed by atoms with E-state index in [-0.39, 0.29) is 5.56 Å². The second-order valence-electron chi connectivity index (χ2n) is 8.38. The molecule has 1 aliphatic rings. The summed E-state index contributed by atoms with van der Waals surface area (Å²) in [5.74, 6) is 1.27. The third kappa shape index (κ3) is 3.77. The van der Waals surface area contributed by atoms with Gasteiger partial charge in [0.15, 0.2) is 0 Å². The van der Waals surface area contributed by atoms with E-state index in [9.17, 15) is 4.79 Å². The zero-order chi connectivity index (χ0) is 22.4. The average Bonchev–Trinajstić information content (AvgIpc) is 3.22. The molecule has 5 aromatic rings. The van der Waals surface area contributed by atoms with Crippen molar-refractivity contribution in [2.45, 2.75) is 32.3 Å². The number of aromatic amines is 1. The van der Waals surface area contributed by atoms with Crippen molar-refractivity contribution in [1.82, 2.24) is 9.97 Å². The lowest BCUT2D eigenvalue weighted by Gasteiger charge is -2.14. The number of aromatic nitrogens is 2. The Morgan fingerprint density at radius 2 is 1.82 bits per heavy atom. The van der Waals surface area contributed by atoms with Crippen molar-refractivity contribution in [3.63, 3.8) is 0 Å². The molecule has 0 aliphatic heterocycles. The molecular formula is C27H21BrN2O2S. The first-order valence-electron chi connectivity index (χ1n) is 11.1. The number of fused-ring (bicyclic) bond motifs is 4. The van der Waals surface area contributed by atoms with Gasteiger partial charge in [-0.25, -0.2) is 4.98 Å². The predicted molar refractivity (Wildman–Crippen MR) is 138 cm³/mol. The lowest BCUT2D eigenvalue weighted by atomic mass is 9.97. The predicted octanol–water partition coefficient (Wildman–Crippen LogP) is 7.03. The van der Waals surface area contributed by atoms with Crippen molar-refractivity contribution in [2.75, 3.05) is 0 Å². The molecule has 164 valence electrons. The molecule has 3 aromatic carbocycles. The first kappa shape index (κ1) is 20.6. The molecule has 0 amide bonds. The quantitative estimate of drug-likeness (QED) is 0.279. The Bertz CT molecular complexity index is 1550. The summed E-state index contributed by atoms with van der Waals surface area (Å²) < 4.78 is 7.32. The van der Waals surface area contributed by atoms with Crippen molar-refractivity contribution < 1.29 is 4.74 Å². The highest BCUT2D eigenvalue weighted by molar-refractivity contribution is 9.10. The Hall–Kier alpha value is -2.96. The van der Waals surface area contributed by atoms with Gasteiger partial charge < -0.3 is 9.72 Å². The number of nitrogens with one attached hydrogen (secondary N) is 1. The van der Waals surface area contributed by atoms with E-state index in [1.54, 1.807) is 11.3 Å². The van der Waals surface area contributed by atoms with Gasteiger partial charge in [-0.05, 0) is 65.8 Å². The zero-order valence-corrected chi connectivity index (χ0v) is 20.3. The maximum Gasteiger partial charge on any atom is 0.260 e. The van der Waals surface area contributed by atoms with Gasteiger partial charge in [0.05, 0.1) is 10.9 Å². The SMILES string of the molecule is O=c1[nH]c(-c2c(OCc3ccc(Br)cc3)ccc3ccccc23)nc2sc3c(c12)CCCC3. The molecule has 33 heavy (non-hydrogen) atoms. The van der Waals surface area contributed by atoms with E-state index in [0.29, 0.717) is 18.2 Å². The Labute approximate surface area is 203 Å². The number of rotatable bonds is 4. The standard InChI is InChI=1S/C27H21BrN2O2S/c28-18-12-9-16(10-13-18)15-32-21-14-11-17-5-1-2-6-19(17)23(21)25-29-26(31)24-20-7-3-4-8-22(20)33-27(24)30-25/h1-2,5-6,9-14H,3-4,7-8,15H2,(H,29,30,31). The van der Waals surface area contributed by atoms with E-state index in [0.717, 1.165) is 55.9 Å². The third-order valence-electron chi connectivity index (χ3n) is 6.26. The minimum atomic E-state index is -0.0545. The number of hydrogen-bond donors (Lipinski definition) is 1. The van der Waals surface area contributed by atoms with Crippen LogP contribution in [-0.4, -0.2) is 9.97 Å². The maximum absolute atomic E-state index is 13.2. The summed E-state index contributed by atoms with van der Waals surface area (Å²) in [7, 11) is 0. The number of halogens is 1. The van der Waals surface area contributed by atoms with Gasteiger partial charge in [0.2, 0.25) is 0 Å². The highest BCUT2D eigenvalue weighted by Gasteiger charge is 2.22. The molecular weight excluding hydrogens is 496 g/mol. The van der Waals surface area contributed by atoms with Crippen LogP contribution in [0, 0.1) is 0 Å². The lowest BCUT2D eigenvalue weighted by Crippen LogP contribution is -2.11. The number of aryl methyl sites for hydroxylation is 2. The number of nitrogens with zero attached hydrogens (tertiary/aromatic N) is 1. The van der Waals surface area contributed by atoms with E-state index in [1.165, 1.54) is 16.9 Å². The van der Waals surface area contributed by atoms with E-state index in [2.05, 4.69) is 39.1 Å². The monoisotopic (exact) mass is 516 g/mol. The molecule has 6 rings (SSSR count). The molecule has 0 radical (unpaired) electrons. The topological polar surface area (TPSA) is 55.0 Å². The number of thiophene rings is 1. The van der Waals surface area contributed by atoms with Crippen LogP contribution in [0.15, 0.2) is 69.9 Å². The summed E-state index contributed by atoms with van der Waals surface area (Å²) in [4.78, 5) is 23.4. The largest absolute Gasteiger partial charge is 0.488 e. The minimum absolute atomic E-state index is 0.0545. The Morgan fingerprint density at radius 3 is 2.70 bits per heavy atom. The van der Waals surface area contributed by atoms with Gasteiger partial charge in [0.1, 0.15) is 23.0 Å². The number of benzene rings is 3. The van der Waals surface area contributed by atoms with Gasteiger partial charge in [-0.2, -0.15) is 0 Å². The minimum Gasteiger partial charge on any atom is -0.488 e. The second-order valence-corrected chi connectivity index (χ2v) is 10.4. The van der Waals surface area contributed by atoms with Gasteiger partial charge in [-0.3, -0.25) is 4.79 Å². The Morgan fingerprint density at radius 1 is 1.00 bits per heavy atom. The fraction of sp³-hybridized carbons (Fsp3) is 0.185. The molecule has 0 saturated carbocycles. The van der Waals surface area contributed by atoms with Crippen LogP contribution in [-0.2, 0) is 19.4 Å². The van der Waals surface area contributed by atoms with Gasteiger partial charge >= 0.3 is 0 Å². The van der Waals surface area contributed by atoms with E-state index in [1.807, 2.05) is 42.5 Å². The molecule has 6 heteroatoms. The molecule has 0 fully saturated rings. The summed E-state index contributed by atoms with van der Waals surface area (Å²) in [6.07, 6.45) is 4.33. The first-order valence-corrected chi connectivity index (χ1v) is 12.7. The van der Waals surface area contributed by atoms with E-state index >= 15 is 0 Å². The summed E-state index contributed by atoms with van der Waals surface area (Å²) in [5.41, 5.74) is 3.04. The van der Waals surface area contributed by atoms with Crippen molar-refractivity contribution >= 4 is 48.3 Å². The molecule has 1 aliphatic carbocycles. The van der Waals surface area contributed by atoms with Crippen molar-refractivity contribution in [3.05, 3.63) is 91.5 Å². The van der Waals surface area contributed by atoms with Crippen molar-refractivity contribution in [1.29, 1.82) is 0 Å². The number of H-pyrrole nitrogens is 1. The van der Waals surface area contributed by atoms with Gasteiger partial charge in [-0.1, -0.05) is 58.4 Å². The highest BCUT2D eigenvalue weighted by atomic mass is 79.9. The second kappa shape index (κ2) is 8.43. The molecule has 0 unspecified atom stereocenters. The zero-order valence-electron chi connectivity index (χ0n) is 17.9. The van der Waals surface area contributed by atoms with Crippen LogP contribution in [0.2, 0.25) is 0 Å². The lowest BCUT2D eigenvalue weighted by molar-refractivity contribution is 0.307. The van der Waals surface area contributed by atoms with Crippen LogP contribution in [0.1, 0.15) is 28.8 Å². The van der Waals surface area contributed by atoms with Gasteiger partial charge in [0, 0.05) is 9.35 Å². The number of hydrogen-bond acceptors (Lipinski definition) is 4. The summed E-state index contributed by atoms with van der Waals surface area (Å²) in [5, 5.41) is 2.86. The first-order chi connectivity index (χ1) is 16.2. The summed E-state index contributed by atoms with van der Waals surface area (Å²) >= 11 is 5.15. The normalized spacial score (nSPS) is 13.4. The fourth-order valence-electron chi connectivity index (χ4n) is 4.64. The van der Waals surface area contributed by atoms with Crippen LogP contribution in [0.3, 0.4) is 0 Å². The molecule has 0 saturated heterocycles.